The van der Waals surface area contributed by atoms with Crippen molar-refractivity contribution in [3.05, 3.63) is 34.7 Å². The van der Waals surface area contributed by atoms with Crippen LogP contribution in [0, 0.1) is 0 Å². The van der Waals surface area contributed by atoms with Gasteiger partial charge in [0, 0.05) is 19.1 Å². The lowest BCUT2D eigenvalue weighted by Gasteiger charge is -2.39. The number of fused-ring (bicyclic) bond motifs is 3. The summed E-state index contributed by atoms with van der Waals surface area (Å²) in [5, 5.41) is 4.42. The number of likely N-dealkylation sites (tertiary alicyclic amines) is 1. The summed E-state index contributed by atoms with van der Waals surface area (Å²) in [6, 6.07) is 8.11. The molecule has 2 atom stereocenters. The van der Waals surface area contributed by atoms with Gasteiger partial charge in [-0.15, -0.1) is 5.10 Å². The SMILES string of the molecule is C[C@H]1CCC[C@H](C)N1C(=O)Cn1nc2n(C)c3ccccc3n2c1=O. The number of carbonyl (C=O) groups is 1. The first-order valence-corrected chi connectivity index (χ1v) is 8.83. The van der Waals surface area contributed by atoms with E-state index in [1.807, 2.05) is 40.8 Å². The Balaban J connectivity index is 1.73. The number of hydrogen-bond donors (Lipinski definition) is 0. The molecule has 1 amide bonds. The van der Waals surface area contributed by atoms with Crippen LogP contribution < -0.4 is 5.69 Å². The van der Waals surface area contributed by atoms with E-state index in [0.717, 1.165) is 30.3 Å². The lowest BCUT2D eigenvalue weighted by Crippen LogP contribution is -2.49. The van der Waals surface area contributed by atoms with Gasteiger partial charge in [0.05, 0.1) is 11.0 Å². The molecule has 1 aromatic carbocycles. The molecule has 3 aromatic rings. The fourth-order valence-corrected chi connectivity index (χ4v) is 4.09. The van der Waals surface area contributed by atoms with E-state index in [1.165, 1.54) is 4.68 Å². The number of piperidine rings is 1. The molecule has 1 fully saturated rings. The summed E-state index contributed by atoms with van der Waals surface area (Å²) in [4.78, 5) is 27.5. The van der Waals surface area contributed by atoms with Crippen LogP contribution in [0.15, 0.2) is 29.1 Å². The zero-order valence-electron chi connectivity index (χ0n) is 14.8. The first kappa shape index (κ1) is 15.9. The van der Waals surface area contributed by atoms with Crippen molar-refractivity contribution in [2.45, 2.75) is 51.7 Å². The molecule has 7 nitrogen and oxygen atoms in total. The third-order valence-corrected chi connectivity index (χ3v) is 5.37. The van der Waals surface area contributed by atoms with Crippen LogP contribution >= 0.6 is 0 Å². The van der Waals surface area contributed by atoms with Crippen molar-refractivity contribution in [2.24, 2.45) is 7.05 Å². The Morgan fingerprint density at radius 3 is 2.48 bits per heavy atom. The Kier molecular flexibility index (Phi) is 3.67. The number of rotatable bonds is 2. The molecule has 0 saturated carbocycles. The van der Waals surface area contributed by atoms with Gasteiger partial charge >= 0.3 is 5.69 Å². The summed E-state index contributed by atoms with van der Waals surface area (Å²) in [7, 11) is 1.88. The Morgan fingerprint density at radius 1 is 1.16 bits per heavy atom. The maximum atomic E-state index is 12.8. The Labute approximate surface area is 145 Å². The predicted molar refractivity (Wildman–Crippen MR) is 95.6 cm³/mol. The molecule has 25 heavy (non-hydrogen) atoms. The van der Waals surface area contributed by atoms with Crippen molar-refractivity contribution in [3.63, 3.8) is 0 Å². The van der Waals surface area contributed by atoms with Crippen LogP contribution in [0.4, 0.5) is 0 Å². The number of aryl methyl sites for hydroxylation is 1. The highest BCUT2D eigenvalue weighted by atomic mass is 16.2. The number of benzene rings is 1. The first-order valence-electron chi connectivity index (χ1n) is 8.83. The topological polar surface area (TPSA) is 64.5 Å². The molecule has 3 heterocycles. The molecule has 7 heteroatoms. The summed E-state index contributed by atoms with van der Waals surface area (Å²) in [5.74, 6) is 0.522. The number of carbonyl (C=O) groups excluding carboxylic acids is 1. The molecule has 1 aliphatic rings. The van der Waals surface area contributed by atoms with Crippen LogP contribution in [-0.4, -0.2) is 41.6 Å². The molecular formula is C18H23N5O2. The molecule has 0 aliphatic carbocycles. The van der Waals surface area contributed by atoms with E-state index in [-0.39, 0.29) is 30.2 Å². The third-order valence-electron chi connectivity index (χ3n) is 5.37. The number of hydrogen-bond acceptors (Lipinski definition) is 3. The predicted octanol–water partition coefficient (Wildman–Crippen LogP) is 1.78. The van der Waals surface area contributed by atoms with Gasteiger partial charge in [0.25, 0.3) is 0 Å². The van der Waals surface area contributed by atoms with Crippen LogP contribution in [0.25, 0.3) is 16.8 Å². The minimum Gasteiger partial charge on any atom is -0.336 e. The number of imidazole rings is 1. The second-order valence-corrected chi connectivity index (χ2v) is 7.05. The Hall–Kier alpha value is -2.57. The number of para-hydroxylation sites is 2. The molecule has 1 saturated heterocycles. The van der Waals surface area contributed by atoms with E-state index in [0.29, 0.717) is 5.78 Å². The molecule has 2 aromatic heterocycles. The van der Waals surface area contributed by atoms with E-state index >= 15 is 0 Å². The zero-order valence-corrected chi connectivity index (χ0v) is 14.8. The van der Waals surface area contributed by atoms with Gasteiger partial charge in [0.1, 0.15) is 6.54 Å². The van der Waals surface area contributed by atoms with Crippen molar-refractivity contribution in [1.82, 2.24) is 23.6 Å². The highest BCUT2D eigenvalue weighted by molar-refractivity contribution is 5.80. The smallest absolute Gasteiger partial charge is 0.336 e. The summed E-state index contributed by atoms with van der Waals surface area (Å²) < 4.78 is 4.74. The summed E-state index contributed by atoms with van der Waals surface area (Å²) in [6.07, 6.45) is 3.17. The van der Waals surface area contributed by atoms with E-state index in [1.54, 1.807) is 4.40 Å². The minimum atomic E-state index is -0.266. The molecule has 0 spiro atoms. The van der Waals surface area contributed by atoms with Gasteiger partial charge in [-0.05, 0) is 45.2 Å². The summed E-state index contributed by atoms with van der Waals surface area (Å²) >= 11 is 0. The molecule has 132 valence electrons. The molecular weight excluding hydrogens is 318 g/mol. The van der Waals surface area contributed by atoms with Crippen molar-refractivity contribution in [2.75, 3.05) is 0 Å². The van der Waals surface area contributed by atoms with Crippen LogP contribution in [0.5, 0.6) is 0 Å². The van der Waals surface area contributed by atoms with Gasteiger partial charge in [0.2, 0.25) is 11.7 Å². The quantitative estimate of drug-likeness (QED) is 0.714. The maximum Gasteiger partial charge on any atom is 0.352 e. The second-order valence-electron chi connectivity index (χ2n) is 7.05. The lowest BCUT2D eigenvalue weighted by molar-refractivity contribution is -0.138. The minimum absolute atomic E-state index is 0.0104. The van der Waals surface area contributed by atoms with Crippen LogP contribution in [0.3, 0.4) is 0 Å². The Morgan fingerprint density at radius 2 is 1.80 bits per heavy atom. The largest absolute Gasteiger partial charge is 0.352 e. The third kappa shape index (κ3) is 2.37. The average Bonchev–Trinajstić information content (AvgIpc) is 3.04. The van der Waals surface area contributed by atoms with Gasteiger partial charge in [-0.25, -0.2) is 13.9 Å². The summed E-state index contributed by atoms with van der Waals surface area (Å²) in [6.45, 7) is 4.14. The molecule has 4 rings (SSSR count). The molecule has 0 bridgehead atoms. The first-order chi connectivity index (χ1) is 12.0. The lowest BCUT2D eigenvalue weighted by atomic mass is 9.97. The molecule has 0 N–H and O–H groups in total. The van der Waals surface area contributed by atoms with Crippen molar-refractivity contribution >= 4 is 22.7 Å². The van der Waals surface area contributed by atoms with Crippen LogP contribution in [0.1, 0.15) is 33.1 Å². The van der Waals surface area contributed by atoms with E-state index in [2.05, 4.69) is 18.9 Å². The fourth-order valence-electron chi connectivity index (χ4n) is 4.09. The van der Waals surface area contributed by atoms with Crippen molar-refractivity contribution in [3.8, 4) is 0 Å². The number of aromatic nitrogens is 4. The van der Waals surface area contributed by atoms with E-state index in [9.17, 15) is 9.59 Å². The van der Waals surface area contributed by atoms with Gasteiger partial charge < -0.3 is 9.47 Å². The van der Waals surface area contributed by atoms with Gasteiger partial charge in [-0.2, -0.15) is 0 Å². The normalized spacial score (nSPS) is 21.3. The highest BCUT2D eigenvalue weighted by Crippen LogP contribution is 2.23. The Bertz CT molecular complexity index is 1000. The maximum absolute atomic E-state index is 12.8. The van der Waals surface area contributed by atoms with Crippen LogP contribution in [-0.2, 0) is 18.4 Å². The standard InChI is InChI=1S/C18H23N5O2/c1-12-7-6-8-13(2)22(12)16(24)11-21-18(25)23-15-10-5-4-9-14(15)20(3)17(23)19-21/h4-5,9-10,12-13H,6-8,11H2,1-3H3/t12-,13-/m0/s1. The zero-order chi connectivity index (χ0) is 17.7. The van der Waals surface area contributed by atoms with Gasteiger partial charge in [-0.3, -0.25) is 4.79 Å². The second kappa shape index (κ2) is 5.75. The molecule has 1 aliphatic heterocycles. The van der Waals surface area contributed by atoms with E-state index < -0.39 is 0 Å². The highest BCUT2D eigenvalue weighted by Gasteiger charge is 2.29. The summed E-state index contributed by atoms with van der Waals surface area (Å²) in [5.41, 5.74) is 1.49. The van der Waals surface area contributed by atoms with E-state index in [4.69, 9.17) is 0 Å². The van der Waals surface area contributed by atoms with Gasteiger partial charge in [0.15, 0.2) is 0 Å². The monoisotopic (exact) mass is 341 g/mol. The average molecular weight is 341 g/mol. The van der Waals surface area contributed by atoms with Crippen molar-refractivity contribution in [1.29, 1.82) is 0 Å². The number of nitrogens with zero attached hydrogens (tertiary/aromatic N) is 5. The number of amides is 1. The molecule has 0 radical (unpaired) electrons. The fraction of sp³-hybridized carbons (Fsp3) is 0.500. The molecule has 0 unspecified atom stereocenters. The van der Waals surface area contributed by atoms with Gasteiger partial charge in [-0.1, -0.05) is 12.1 Å². The van der Waals surface area contributed by atoms with Crippen molar-refractivity contribution < 1.29 is 4.79 Å². The van der Waals surface area contributed by atoms with Crippen LogP contribution in [0.2, 0.25) is 0 Å².